The molecule has 0 radical (unpaired) electrons. The van der Waals surface area contributed by atoms with Gasteiger partial charge in [-0.15, -0.1) is 0 Å². The summed E-state index contributed by atoms with van der Waals surface area (Å²) in [4.78, 5) is 10.5. The van der Waals surface area contributed by atoms with E-state index in [2.05, 4.69) is 15.9 Å². The maximum atomic E-state index is 10.5. The van der Waals surface area contributed by atoms with E-state index in [0.29, 0.717) is 17.4 Å². The Kier molecular flexibility index (Phi) is 4.91. The number of carbonyl (C=O) groups excluding carboxylic acids is 1. The molecule has 0 unspecified atom stereocenters. The molecule has 0 N–H and O–H groups in total. The predicted molar refractivity (Wildman–Crippen MR) is 61.3 cm³/mol. The zero-order chi connectivity index (χ0) is 11.3. The highest BCUT2D eigenvalue weighted by Crippen LogP contribution is 2.27. The Bertz CT molecular complexity index is 355. The minimum absolute atomic E-state index is 0.224. The van der Waals surface area contributed by atoms with Crippen molar-refractivity contribution < 1.29 is 14.3 Å². The van der Waals surface area contributed by atoms with Crippen LogP contribution in [0.3, 0.4) is 0 Å². The zero-order valence-corrected chi connectivity index (χ0v) is 10.5. The molecular weight excluding hydrogens is 283 g/mol. The third-order valence-corrected chi connectivity index (χ3v) is 2.33. The van der Waals surface area contributed by atoms with Crippen LogP contribution in [0.2, 0.25) is 5.02 Å². The molecule has 0 aliphatic heterocycles. The first kappa shape index (κ1) is 12.3. The normalized spacial score (nSPS) is 9.80. The van der Waals surface area contributed by atoms with Gasteiger partial charge in [0.1, 0.15) is 19.0 Å². The second-order valence-electron chi connectivity index (χ2n) is 2.76. The van der Waals surface area contributed by atoms with Gasteiger partial charge in [-0.2, -0.15) is 0 Å². The van der Waals surface area contributed by atoms with Gasteiger partial charge >= 0.3 is 5.97 Å². The van der Waals surface area contributed by atoms with Crippen molar-refractivity contribution in [2.24, 2.45) is 0 Å². The molecule has 0 saturated carbocycles. The molecule has 0 aliphatic rings. The van der Waals surface area contributed by atoms with Gasteiger partial charge in [0.15, 0.2) is 0 Å². The fourth-order valence-electron chi connectivity index (χ4n) is 0.929. The lowest BCUT2D eigenvalue weighted by atomic mass is 10.3. The van der Waals surface area contributed by atoms with Crippen molar-refractivity contribution in [1.82, 2.24) is 0 Å². The van der Waals surface area contributed by atoms with E-state index in [1.54, 1.807) is 12.1 Å². The summed E-state index contributed by atoms with van der Waals surface area (Å²) in [6.07, 6.45) is 0. The van der Waals surface area contributed by atoms with Crippen LogP contribution < -0.4 is 4.74 Å². The van der Waals surface area contributed by atoms with Crippen LogP contribution >= 0.6 is 27.5 Å². The molecule has 1 rings (SSSR count). The van der Waals surface area contributed by atoms with Gasteiger partial charge in [-0.3, -0.25) is 4.79 Å². The van der Waals surface area contributed by atoms with Crippen molar-refractivity contribution in [3.05, 3.63) is 27.7 Å². The minimum atomic E-state index is -0.319. The molecule has 0 fully saturated rings. The summed E-state index contributed by atoms with van der Waals surface area (Å²) < 4.78 is 10.9. The maximum Gasteiger partial charge on any atom is 0.302 e. The van der Waals surface area contributed by atoms with Gasteiger partial charge in [-0.1, -0.05) is 27.5 Å². The second-order valence-corrected chi connectivity index (χ2v) is 4.09. The first-order valence-electron chi connectivity index (χ1n) is 4.31. The van der Waals surface area contributed by atoms with Crippen LogP contribution in [0.4, 0.5) is 0 Å². The smallest absolute Gasteiger partial charge is 0.302 e. The van der Waals surface area contributed by atoms with E-state index >= 15 is 0 Å². The highest BCUT2D eigenvalue weighted by Gasteiger charge is 2.02. The summed E-state index contributed by atoms with van der Waals surface area (Å²) in [5.74, 6) is 0.257. The Morgan fingerprint density at radius 2 is 2.20 bits per heavy atom. The van der Waals surface area contributed by atoms with E-state index in [9.17, 15) is 4.79 Å². The quantitative estimate of drug-likeness (QED) is 0.632. The monoisotopic (exact) mass is 292 g/mol. The van der Waals surface area contributed by atoms with E-state index in [1.165, 1.54) is 6.92 Å². The Labute approximate surface area is 101 Å². The van der Waals surface area contributed by atoms with Crippen LogP contribution in [0.25, 0.3) is 0 Å². The molecule has 0 atom stereocenters. The van der Waals surface area contributed by atoms with E-state index in [0.717, 1.165) is 4.47 Å². The molecule has 0 saturated heterocycles. The van der Waals surface area contributed by atoms with E-state index in [1.807, 2.05) is 6.07 Å². The number of carbonyl (C=O) groups is 1. The Balaban J connectivity index is 2.40. The third-order valence-electron chi connectivity index (χ3n) is 1.54. The maximum absolute atomic E-state index is 10.5. The van der Waals surface area contributed by atoms with Gasteiger partial charge in [0.2, 0.25) is 0 Å². The van der Waals surface area contributed by atoms with Crippen molar-refractivity contribution in [3.63, 3.8) is 0 Å². The first-order chi connectivity index (χ1) is 7.09. The number of hydrogen-bond acceptors (Lipinski definition) is 3. The van der Waals surface area contributed by atoms with Crippen molar-refractivity contribution >= 4 is 33.5 Å². The van der Waals surface area contributed by atoms with Crippen molar-refractivity contribution in [2.75, 3.05) is 13.2 Å². The summed E-state index contributed by atoms with van der Waals surface area (Å²) in [5, 5.41) is 0.521. The third kappa shape index (κ3) is 4.53. The fraction of sp³-hybridized carbons (Fsp3) is 0.300. The molecule has 0 spiro atoms. The molecule has 3 nitrogen and oxygen atoms in total. The van der Waals surface area contributed by atoms with E-state index in [4.69, 9.17) is 21.1 Å². The summed E-state index contributed by atoms with van der Waals surface area (Å²) in [7, 11) is 0. The summed E-state index contributed by atoms with van der Waals surface area (Å²) in [6, 6.07) is 5.32. The van der Waals surface area contributed by atoms with Gasteiger partial charge in [0.05, 0.1) is 5.02 Å². The molecule has 0 aromatic heterocycles. The summed E-state index contributed by atoms with van der Waals surface area (Å²) >= 11 is 9.20. The molecule has 0 heterocycles. The molecule has 1 aromatic carbocycles. The van der Waals surface area contributed by atoms with Crippen LogP contribution in [0.1, 0.15) is 6.92 Å². The first-order valence-corrected chi connectivity index (χ1v) is 5.48. The van der Waals surface area contributed by atoms with Crippen LogP contribution in [0.5, 0.6) is 5.75 Å². The number of halogens is 2. The van der Waals surface area contributed by atoms with Crippen molar-refractivity contribution in [1.29, 1.82) is 0 Å². The highest BCUT2D eigenvalue weighted by atomic mass is 79.9. The molecule has 1 aromatic rings. The molecule has 15 heavy (non-hydrogen) atoms. The minimum Gasteiger partial charge on any atom is -0.488 e. The average molecular weight is 294 g/mol. The van der Waals surface area contributed by atoms with Gasteiger partial charge in [0.25, 0.3) is 0 Å². The van der Waals surface area contributed by atoms with Crippen molar-refractivity contribution in [2.45, 2.75) is 6.92 Å². The zero-order valence-electron chi connectivity index (χ0n) is 8.13. The Hall–Kier alpha value is -0.740. The van der Waals surface area contributed by atoms with Gasteiger partial charge in [0, 0.05) is 11.4 Å². The van der Waals surface area contributed by atoms with Crippen LogP contribution in [-0.2, 0) is 9.53 Å². The lowest BCUT2D eigenvalue weighted by Crippen LogP contribution is -2.09. The topological polar surface area (TPSA) is 35.5 Å². The molecule has 0 amide bonds. The summed E-state index contributed by atoms with van der Waals surface area (Å²) in [6.45, 7) is 1.87. The standard InChI is InChI=1S/C10H10BrClO3/c1-7(13)14-4-5-15-10-3-2-8(11)6-9(10)12/h2-3,6H,4-5H2,1H3. The second kappa shape index (κ2) is 5.98. The highest BCUT2D eigenvalue weighted by molar-refractivity contribution is 9.10. The lowest BCUT2D eigenvalue weighted by Gasteiger charge is -2.07. The molecular formula is C10H10BrClO3. The predicted octanol–water partition coefficient (Wildman–Crippen LogP) is 3.04. The van der Waals surface area contributed by atoms with Gasteiger partial charge in [-0.25, -0.2) is 0 Å². The van der Waals surface area contributed by atoms with E-state index < -0.39 is 0 Å². The number of hydrogen-bond donors (Lipinski definition) is 0. The van der Waals surface area contributed by atoms with Gasteiger partial charge < -0.3 is 9.47 Å². The number of esters is 1. The number of benzene rings is 1. The van der Waals surface area contributed by atoms with Crippen LogP contribution in [-0.4, -0.2) is 19.2 Å². The molecule has 82 valence electrons. The van der Waals surface area contributed by atoms with Crippen molar-refractivity contribution in [3.8, 4) is 5.75 Å². The van der Waals surface area contributed by atoms with Crippen LogP contribution in [0.15, 0.2) is 22.7 Å². The Morgan fingerprint density at radius 1 is 1.47 bits per heavy atom. The van der Waals surface area contributed by atoms with Crippen LogP contribution in [0, 0.1) is 0 Å². The molecule has 0 aliphatic carbocycles. The SMILES string of the molecule is CC(=O)OCCOc1ccc(Br)cc1Cl. The lowest BCUT2D eigenvalue weighted by molar-refractivity contribution is -0.141. The Morgan fingerprint density at radius 3 is 2.80 bits per heavy atom. The largest absolute Gasteiger partial charge is 0.488 e. The number of ether oxygens (including phenoxy) is 2. The number of rotatable bonds is 4. The molecule has 5 heteroatoms. The van der Waals surface area contributed by atoms with E-state index in [-0.39, 0.29) is 12.6 Å². The van der Waals surface area contributed by atoms with Gasteiger partial charge in [-0.05, 0) is 18.2 Å². The average Bonchev–Trinajstić information content (AvgIpc) is 2.14. The fourth-order valence-corrected chi connectivity index (χ4v) is 1.66. The molecule has 0 bridgehead atoms. The summed E-state index contributed by atoms with van der Waals surface area (Å²) in [5.41, 5.74) is 0.